The van der Waals surface area contributed by atoms with Gasteiger partial charge in [0.25, 0.3) is 0 Å². The van der Waals surface area contributed by atoms with Crippen LogP contribution in [0.1, 0.15) is 32.8 Å². The highest BCUT2D eigenvalue weighted by atomic mass is 19.1. The van der Waals surface area contributed by atoms with Gasteiger partial charge in [0.05, 0.1) is 12.7 Å². The van der Waals surface area contributed by atoms with Gasteiger partial charge in [-0.05, 0) is 24.1 Å². The van der Waals surface area contributed by atoms with Gasteiger partial charge in [-0.1, -0.05) is 32.9 Å². The summed E-state index contributed by atoms with van der Waals surface area (Å²) in [6.45, 7) is 6.84. The second-order valence-corrected chi connectivity index (χ2v) is 4.82. The molecule has 0 heterocycles. The van der Waals surface area contributed by atoms with Crippen molar-refractivity contribution < 1.29 is 14.2 Å². The van der Waals surface area contributed by atoms with Gasteiger partial charge in [0.15, 0.2) is 0 Å². The molecule has 17 heavy (non-hydrogen) atoms. The molecule has 96 valence electrons. The smallest absolute Gasteiger partial charge is 0.123 e. The summed E-state index contributed by atoms with van der Waals surface area (Å²) in [5.41, 5.74) is 0.466. The standard InChI is InChI=1S/C14H21FO2/c1-4-9-17-10-13(16)14(2,3)11-5-7-12(15)8-6-11/h5-8,13,16H,4,9-10H2,1-3H3. The molecule has 0 bridgehead atoms. The van der Waals surface area contributed by atoms with Crippen molar-refractivity contribution in [2.45, 2.75) is 38.7 Å². The SMILES string of the molecule is CCCOCC(O)C(C)(C)c1ccc(F)cc1. The van der Waals surface area contributed by atoms with Crippen LogP contribution in [0.15, 0.2) is 24.3 Å². The van der Waals surface area contributed by atoms with E-state index in [9.17, 15) is 9.50 Å². The van der Waals surface area contributed by atoms with E-state index in [1.54, 1.807) is 12.1 Å². The van der Waals surface area contributed by atoms with Crippen molar-refractivity contribution >= 4 is 0 Å². The number of ether oxygens (including phenoxy) is 1. The van der Waals surface area contributed by atoms with E-state index >= 15 is 0 Å². The first kappa shape index (κ1) is 14.1. The van der Waals surface area contributed by atoms with Crippen LogP contribution < -0.4 is 0 Å². The molecule has 0 saturated heterocycles. The lowest BCUT2D eigenvalue weighted by Gasteiger charge is -2.31. The highest BCUT2D eigenvalue weighted by molar-refractivity contribution is 5.25. The molecule has 0 fully saturated rings. The van der Waals surface area contributed by atoms with Crippen LogP contribution in [0.25, 0.3) is 0 Å². The number of halogens is 1. The van der Waals surface area contributed by atoms with Gasteiger partial charge in [0, 0.05) is 12.0 Å². The lowest BCUT2D eigenvalue weighted by Crippen LogP contribution is -2.37. The Labute approximate surface area is 102 Å². The second kappa shape index (κ2) is 6.12. The molecule has 1 rings (SSSR count). The normalized spacial score (nSPS) is 13.7. The maximum absolute atomic E-state index is 12.8. The number of benzene rings is 1. The van der Waals surface area contributed by atoms with Gasteiger partial charge in [-0.2, -0.15) is 0 Å². The Balaban J connectivity index is 2.68. The third-order valence-electron chi connectivity index (χ3n) is 3.05. The van der Waals surface area contributed by atoms with Crippen molar-refractivity contribution in [3.05, 3.63) is 35.6 Å². The minimum atomic E-state index is -0.598. The Morgan fingerprint density at radius 3 is 2.41 bits per heavy atom. The Morgan fingerprint density at radius 2 is 1.88 bits per heavy atom. The lowest BCUT2D eigenvalue weighted by molar-refractivity contribution is 0.000551. The first-order valence-electron chi connectivity index (χ1n) is 6.00. The molecule has 0 aliphatic heterocycles. The summed E-state index contributed by atoms with van der Waals surface area (Å²) in [5.74, 6) is -0.263. The summed E-state index contributed by atoms with van der Waals surface area (Å²) < 4.78 is 18.2. The molecule has 1 N–H and O–H groups in total. The van der Waals surface area contributed by atoms with Crippen LogP contribution in [0.4, 0.5) is 4.39 Å². The monoisotopic (exact) mass is 240 g/mol. The average molecular weight is 240 g/mol. The van der Waals surface area contributed by atoms with Crippen molar-refractivity contribution in [1.29, 1.82) is 0 Å². The summed E-state index contributed by atoms with van der Waals surface area (Å²) in [4.78, 5) is 0. The number of aliphatic hydroxyl groups is 1. The largest absolute Gasteiger partial charge is 0.390 e. The third-order valence-corrected chi connectivity index (χ3v) is 3.05. The summed E-state index contributed by atoms with van der Waals surface area (Å²) >= 11 is 0. The van der Waals surface area contributed by atoms with Crippen molar-refractivity contribution in [3.8, 4) is 0 Å². The molecule has 0 aromatic heterocycles. The van der Waals surface area contributed by atoms with E-state index in [0.29, 0.717) is 13.2 Å². The van der Waals surface area contributed by atoms with E-state index in [2.05, 4.69) is 0 Å². The number of rotatable bonds is 6. The van der Waals surface area contributed by atoms with Crippen molar-refractivity contribution in [2.24, 2.45) is 0 Å². The predicted octanol–water partition coefficient (Wildman–Crippen LogP) is 2.89. The fraction of sp³-hybridized carbons (Fsp3) is 0.571. The van der Waals surface area contributed by atoms with Crippen LogP contribution in [0.5, 0.6) is 0 Å². The molecule has 0 aliphatic carbocycles. The summed E-state index contributed by atoms with van der Waals surface area (Å²) in [5, 5.41) is 10.1. The van der Waals surface area contributed by atoms with Crippen LogP contribution >= 0.6 is 0 Å². The van der Waals surface area contributed by atoms with E-state index < -0.39 is 11.5 Å². The number of hydrogen-bond donors (Lipinski definition) is 1. The molecule has 0 spiro atoms. The minimum Gasteiger partial charge on any atom is -0.390 e. The van der Waals surface area contributed by atoms with Crippen molar-refractivity contribution in [3.63, 3.8) is 0 Å². The lowest BCUT2D eigenvalue weighted by atomic mass is 9.79. The highest BCUT2D eigenvalue weighted by Gasteiger charge is 2.29. The first-order valence-corrected chi connectivity index (χ1v) is 6.00. The minimum absolute atomic E-state index is 0.263. The topological polar surface area (TPSA) is 29.5 Å². The molecular weight excluding hydrogens is 219 g/mol. The quantitative estimate of drug-likeness (QED) is 0.775. The number of aliphatic hydroxyl groups excluding tert-OH is 1. The molecule has 1 aromatic rings. The Kier molecular flexibility index (Phi) is 5.09. The molecule has 1 unspecified atom stereocenters. The van der Waals surface area contributed by atoms with Gasteiger partial charge < -0.3 is 9.84 Å². The molecular formula is C14H21FO2. The van der Waals surface area contributed by atoms with Gasteiger partial charge in [-0.3, -0.25) is 0 Å². The zero-order chi connectivity index (χ0) is 12.9. The molecule has 1 atom stereocenters. The van der Waals surface area contributed by atoms with Crippen LogP contribution in [-0.2, 0) is 10.2 Å². The van der Waals surface area contributed by atoms with Crippen LogP contribution in [0, 0.1) is 5.82 Å². The summed E-state index contributed by atoms with van der Waals surface area (Å²) in [6.07, 6.45) is 0.337. The molecule has 0 amide bonds. The van der Waals surface area contributed by atoms with E-state index in [0.717, 1.165) is 12.0 Å². The van der Waals surface area contributed by atoms with Gasteiger partial charge >= 0.3 is 0 Å². The molecule has 3 heteroatoms. The predicted molar refractivity (Wildman–Crippen MR) is 66.5 cm³/mol. The first-order chi connectivity index (χ1) is 7.98. The summed E-state index contributed by atoms with van der Waals surface area (Å²) in [7, 11) is 0. The fourth-order valence-electron chi connectivity index (χ4n) is 1.62. The van der Waals surface area contributed by atoms with Crippen LogP contribution in [0.2, 0.25) is 0 Å². The third kappa shape index (κ3) is 3.79. The molecule has 1 aromatic carbocycles. The van der Waals surface area contributed by atoms with E-state index in [1.807, 2.05) is 20.8 Å². The van der Waals surface area contributed by atoms with Gasteiger partial charge in [-0.25, -0.2) is 4.39 Å². The molecule has 0 radical (unpaired) electrons. The van der Waals surface area contributed by atoms with Crippen molar-refractivity contribution in [2.75, 3.05) is 13.2 Å². The molecule has 0 saturated carbocycles. The van der Waals surface area contributed by atoms with E-state index in [4.69, 9.17) is 4.74 Å². The Hall–Kier alpha value is -0.930. The van der Waals surface area contributed by atoms with Gasteiger partial charge in [0.2, 0.25) is 0 Å². The van der Waals surface area contributed by atoms with E-state index in [-0.39, 0.29) is 5.82 Å². The zero-order valence-electron chi connectivity index (χ0n) is 10.7. The fourth-order valence-corrected chi connectivity index (χ4v) is 1.62. The highest BCUT2D eigenvalue weighted by Crippen LogP contribution is 2.27. The van der Waals surface area contributed by atoms with Crippen molar-refractivity contribution in [1.82, 2.24) is 0 Å². The molecule has 0 aliphatic rings. The zero-order valence-corrected chi connectivity index (χ0v) is 10.7. The second-order valence-electron chi connectivity index (χ2n) is 4.82. The van der Waals surface area contributed by atoms with Gasteiger partial charge in [-0.15, -0.1) is 0 Å². The van der Waals surface area contributed by atoms with E-state index in [1.165, 1.54) is 12.1 Å². The summed E-state index contributed by atoms with van der Waals surface area (Å²) in [6, 6.07) is 6.24. The Bertz CT molecular complexity index is 333. The Morgan fingerprint density at radius 1 is 1.29 bits per heavy atom. The molecule has 2 nitrogen and oxygen atoms in total. The average Bonchev–Trinajstić information content (AvgIpc) is 2.29. The maximum atomic E-state index is 12.8. The number of hydrogen-bond acceptors (Lipinski definition) is 2. The van der Waals surface area contributed by atoms with Gasteiger partial charge in [0.1, 0.15) is 5.82 Å². The maximum Gasteiger partial charge on any atom is 0.123 e. The van der Waals surface area contributed by atoms with Crippen LogP contribution in [-0.4, -0.2) is 24.4 Å². The van der Waals surface area contributed by atoms with Crippen LogP contribution in [0.3, 0.4) is 0 Å².